The van der Waals surface area contributed by atoms with E-state index in [4.69, 9.17) is 9.47 Å². The summed E-state index contributed by atoms with van der Waals surface area (Å²) in [5.74, 6) is -1.71. The lowest BCUT2D eigenvalue weighted by Crippen LogP contribution is -2.65. The topological polar surface area (TPSA) is 93.7 Å². The molecule has 1 atom stereocenters. The van der Waals surface area contributed by atoms with Gasteiger partial charge in [0.15, 0.2) is 0 Å². The van der Waals surface area contributed by atoms with Crippen LogP contribution in [0.4, 0.5) is 0 Å². The van der Waals surface area contributed by atoms with Gasteiger partial charge < -0.3 is 14.8 Å². The van der Waals surface area contributed by atoms with Crippen molar-refractivity contribution in [3.8, 4) is 0 Å². The lowest BCUT2D eigenvalue weighted by atomic mass is 10.1. The molecule has 1 amide bonds. The fourth-order valence-electron chi connectivity index (χ4n) is 1.31. The van der Waals surface area contributed by atoms with Crippen molar-refractivity contribution in [2.45, 2.75) is 25.9 Å². The second kappa shape index (κ2) is 6.19. The van der Waals surface area contributed by atoms with Gasteiger partial charge in [-0.05, 0) is 13.8 Å². The minimum Gasteiger partial charge on any atom is -0.464 e. The summed E-state index contributed by atoms with van der Waals surface area (Å²) in [7, 11) is 0. The van der Waals surface area contributed by atoms with Gasteiger partial charge in [0.1, 0.15) is 6.04 Å². The molecule has 2 N–H and O–H groups in total. The van der Waals surface area contributed by atoms with Crippen LogP contribution in [0.3, 0.4) is 0 Å². The molecule has 0 aromatic heterocycles. The van der Waals surface area contributed by atoms with E-state index in [-0.39, 0.29) is 19.1 Å². The fourth-order valence-corrected chi connectivity index (χ4v) is 1.31. The third kappa shape index (κ3) is 3.42. The van der Waals surface area contributed by atoms with E-state index in [0.717, 1.165) is 0 Å². The van der Waals surface area contributed by atoms with E-state index in [1.807, 2.05) is 0 Å². The van der Waals surface area contributed by atoms with Crippen LogP contribution in [0.2, 0.25) is 0 Å². The Morgan fingerprint density at radius 1 is 1.35 bits per heavy atom. The van der Waals surface area contributed by atoms with Crippen LogP contribution >= 0.6 is 0 Å². The van der Waals surface area contributed by atoms with Crippen LogP contribution in [0.15, 0.2) is 0 Å². The summed E-state index contributed by atoms with van der Waals surface area (Å²) < 4.78 is 9.48. The second-order valence-corrected chi connectivity index (χ2v) is 3.40. The summed E-state index contributed by atoms with van der Waals surface area (Å²) >= 11 is 0. The smallest absolute Gasteiger partial charge is 0.334 e. The van der Waals surface area contributed by atoms with E-state index >= 15 is 0 Å². The van der Waals surface area contributed by atoms with Crippen LogP contribution < -0.4 is 10.6 Å². The van der Waals surface area contributed by atoms with Crippen molar-refractivity contribution in [1.82, 2.24) is 10.6 Å². The van der Waals surface area contributed by atoms with Crippen molar-refractivity contribution in [3.63, 3.8) is 0 Å². The highest BCUT2D eigenvalue weighted by Crippen LogP contribution is 2.01. The molecule has 0 aliphatic carbocycles. The van der Waals surface area contributed by atoms with Crippen molar-refractivity contribution in [2.24, 2.45) is 0 Å². The molecule has 0 aromatic carbocycles. The molecular formula is C10H16N2O5. The maximum absolute atomic E-state index is 11.5. The lowest BCUT2D eigenvalue weighted by Gasteiger charge is -2.29. The predicted octanol–water partition coefficient (Wildman–Crippen LogP) is -1.43. The standard InChI is InChI=1S/C10H16N2O5/c1-3-16-9(14)7(10(15)17-4-2)12-6-5-11-8(6)13/h6-7,12H,3-5H2,1-2H3,(H,11,13). The molecular weight excluding hydrogens is 228 g/mol. The van der Waals surface area contributed by atoms with Crippen LogP contribution in [0, 0.1) is 0 Å². The minimum absolute atomic E-state index is 0.160. The van der Waals surface area contributed by atoms with Gasteiger partial charge in [0, 0.05) is 6.54 Å². The molecule has 7 nitrogen and oxygen atoms in total. The molecule has 1 aliphatic heterocycles. The first kappa shape index (κ1) is 13.4. The molecule has 0 radical (unpaired) electrons. The summed E-state index contributed by atoms with van der Waals surface area (Å²) in [6.45, 7) is 3.97. The Balaban J connectivity index is 2.60. The van der Waals surface area contributed by atoms with E-state index in [1.54, 1.807) is 13.8 Å². The molecule has 1 rings (SSSR count). The molecule has 1 saturated heterocycles. The summed E-state index contributed by atoms with van der Waals surface area (Å²) in [6, 6.07) is -1.79. The predicted molar refractivity (Wildman–Crippen MR) is 57.0 cm³/mol. The van der Waals surface area contributed by atoms with Gasteiger partial charge in [0.05, 0.1) is 13.2 Å². The molecule has 1 unspecified atom stereocenters. The molecule has 17 heavy (non-hydrogen) atoms. The van der Waals surface area contributed by atoms with Gasteiger partial charge in [-0.15, -0.1) is 0 Å². The van der Waals surface area contributed by atoms with E-state index < -0.39 is 24.0 Å². The molecule has 1 fully saturated rings. The number of rotatable bonds is 6. The molecule has 0 aromatic rings. The van der Waals surface area contributed by atoms with Crippen LogP contribution in [-0.4, -0.2) is 49.7 Å². The van der Waals surface area contributed by atoms with Gasteiger partial charge in [-0.3, -0.25) is 10.1 Å². The molecule has 0 bridgehead atoms. The Labute approximate surface area is 98.8 Å². The third-order valence-electron chi connectivity index (χ3n) is 2.21. The maximum Gasteiger partial charge on any atom is 0.334 e. The van der Waals surface area contributed by atoms with E-state index in [2.05, 4.69) is 10.6 Å². The SMILES string of the molecule is CCOC(=O)C(NC1CNC1=O)C(=O)OCC. The van der Waals surface area contributed by atoms with E-state index in [0.29, 0.717) is 6.54 Å². The number of ether oxygens (including phenoxy) is 2. The van der Waals surface area contributed by atoms with Crippen molar-refractivity contribution in [1.29, 1.82) is 0 Å². The minimum atomic E-state index is -1.24. The van der Waals surface area contributed by atoms with Gasteiger partial charge in [-0.2, -0.15) is 0 Å². The number of amides is 1. The number of esters is 2. The Kier molecular flexibility index (Phi) is 4.89. The molecule has 1 heterocycles. The van der Waals surface area contributed by atoms with Gasteiger partial charge in [0.25, 0.3) is 0 Å². The maximum atomic E-state index is 11.5. The number of β-lactam (4-membered cyclic amide) rings is 1. The monoisotopic (exact) mass is 244 g/mol. The average molecular weight is 244 g/mol. The summed E-state index contributed by atoms with van der Waals surface area (Å²) in [5, 5.41) is 5.11. The van der Waals surface area contributed by atoms with Gasteiger partial charge in [-0.1, -0.05) is 0 Å². The fraction of sp³-hybridized carbons (Fsp3) is 0.700. The number of hydrogen-bond donors (Lipinski definition) is 2. The molecule has 1 aliphatic rings. The van der Waals surface area contributed by atoms with Gasteiger partial charge >= 0.3 is 11.9 Å². The highest BCUT2D eigenvalue weighted by Gasteiger charge is 2.37. The first-order valence-corrected chi connectivity index (χ1v) is 5.47. The highest BCUT2D eigenvalue weighted by molar-refractivity contribution is 6.00. The molecule has 0 spiro atoms. The molecule has 96 valence electrons. The zero-order valence-corrected chi connectivity index (χ0v) is 9.82. The Bertz CT molecular complexity index is 300. The van der Waals surface area contributed by atoms with Crippen molar-refractivity contribution < 1.29 is 23.9 Å². The van der Waals surface area contributed by atoms with Crippen LogP contribution in [-0.2, 0) is 23.9 Å². The Hall–Kier alpha value is -1.63. The van der Waals surface area contributed by atoms with Gasteiger partial charge in [-0.25, -0.2) is 9.59 Å². The summed E-state index contributed by atoms with van der Waals surface area (Å²) in [6.07, 6.45) is 0. The van der Waals surface area contributed by atoms with Crippen molar-refractivity contribution >= 4 is 17.8 Å². The average Bonchev–Trinajstić information content (AvgIpc) is 2.28. The second-order valence-electron chi connectivity index (χ2n) is 3.40. The van der Waals surface area contributed by atoms with E-state index in [1.165, 1.54) is 0 Å². The molecule has 0 saturated carbocycles. The third-order valence-corrected chi connectivity index (χ3v) is 2.21. The van der Waals surface area contributed by atoms with Crippen LogP contribution in [0.25, 0.3) is 0 Å². The number of hydrogen-bond acceptors (Lipinski definition) is 6. The lowest BCUT2D eigenvalue weighted by molar-refractivity contribution is -0.158. The van der Waals surface area contributed by atoms with Crippen LogP contribution in [0.1, 0.15) is 13.8 Å². The zero-order valence-electron chi connectivity index (χ0n) is 9.82. The first-order chi connectivity index (χ1) is 8.10. The van der Waals surface area contributed by atoms with Crippen molar-refractivity contribution in [3.05, 3.63) is 0 Å². The largest absolute Gasteiger partial charge is 0.464 e. The highest BCUT2D eigenvalue weighted by atomic mass is 16.6. The van der Waals surface area contributed by atoms with Crippen LogP contribution in [0.5, 0.6) is 0 Å². The number of carbonyl (C=O) groups is 3. The Morgan fingerprint density at radius 2 is 1.88 bits per heavy atom. The summed E-state index contributed by atoms with van der Waals surface area (Å²) in [4.78, 5) is 34.1. The van der Waals surface area contributed by atoms with E-state index in [9.17, 15) is 14.4 Å². The van der Waals surface area contributed by atoms with Crippen molar-refractivity contribution in [2.75, 3.05) is 19.8 Å². The summed E-state index contributed by atoms with van der Waals surface area (Å²) in [5.41, 5.74) is 0. The Morgan fingerprint density at radius 3 is 2.18 bits per heavy atom. The normalized spacial score (nSPS) is 18.3. The number of carbonyl (C=O) groups excluding carboxylic acids is 3. The first-order valence-electron chi connectivity index (χ1n) is 5.47. The molecule has 7 heteroatoms. The van der Waals surface area contributed by atoms with Gasteiger partial charge in [0.2, 0.25) is 11.9 Å². The quantitative estimate of drug-likeness (QED) is 0.338. The zero-order chi connectivity index (χ0) is 12.8. The number of nitrogens with one attached hydrogen (secondary N) is 2.